The van der Waals surface area contributed by atoms with Crippen LogP contribution in [-0.4, -0.2) is 71.9 Å². The van der Waals surface area contributed by atoms with Crippen LogP contribution in [0, 0.1) is 0 Å². The number of carbonyl (C=O) groups excluding carboxylic acids is 4. The smallest absolute Gasteiger partial charge is 0.340 e. The highest BCUT2D eigenvalue weighted by molar-refractivity contribution is 5.93. The second kappa shape index (κ2) is 18.1. The quantitative estimate of drug-likeness (QED) is 0.148. The lowest BCUT2D eigenvalue weighted by atomic mass is 10.1. The lowest BCUT2D eigenvalue weighted by Crippen LogP contribution is -2.47. The van der Waals surface area contributed by atoms with Crippen LogP contribution < -0.4 is 9.80 Å². The number of nitrogens with zero attached hydrogens (tertiary/aromatic N) is 4. The zero-order chi connectivity index (χ0) is 31.9. The standard InChI is InChI=1S/C34H48N4O6/c1-5-7-9-11-13-30(39)25(3)43-33(41)27-15-16-32(36-23-27)38-19-17-37(18-20-38)29-21-28(22-35-24-29)34(42)44-26(4)31(40)14-12-10-8-6-2/h15-16,21-26H,5-14,17-20H2,1-4H3/t25-,26-/m0/s1. The third-order valence-electron chi connectivity index (χ3n) is 7.94. The summed E-state index contributed by atoms with van der Waals surface area (Å²) in [5.74, 6) is -0.496. The molecule has 44 heavy (non-hydrogen) atoms. The molecule has 0 bridgehead atoms. The predicted octanol–water partition coefficient (Wildman–Crippen LogP) is 5.97. The van der Waals surface area contributed by atoms with Gasteiger partial charge >= 0.3 is 11.9 Å². The Morgan fingerprint density at radius 2 is 1.25 bits per heavy atom. The van der Waals surface area contributed by atoms with Crippen LogP contribution in [0.4, 0.5) is 11.5 Å². The van der Waals surface area contributed by atoms with Gasteiger partial charge in [-0.15, -0.1) is 0 Å². The molecule has 10 heteroatoms. The first-order valence-electron chi connectivity index (χ1n) is 16.1. The minimum Gasteiger partial charge on any atom is -0.451 e. The number of ketones is 2. The van der Waals surface area contributed by atoms with E-state index in [0.29, 0.717) is 50.1 Å². The number of unbranched alkanes of at least 4 members (excludes halogenated alkanes) is 6. The van der Waals surface area contributed by atoms with Crippen molar-refractivity contribution in [2.45, 2.75) is 104 Å². The Morgan fingerprint density at radius 1 is 0.705 bits per heavy atom. The fourth-order valence-corrected chi connectivity index (χ4v) is 5.05. The van der Waals surface area contributed by atoms with Crippen molar-refractivity contribution in [3.05, 3.63) is 47.9 Å². The zero-order valence-corrected chi connectivity index (χ0v) is 26.8. The van der Waals surface area contributed by atoms with Crippen LogP contribution >= 0.6 is 0 Å². The van der Waals surface area contributed by atoms with E-state index in [1.165, 1.54) is 12.4 Å². The van der Waals surface area contributed by atoms with Crippen molar-refractivity contribution >= 4 is 35.0 Å². The summed E-state index contributed by atoms with van der Waals surface area (Å²) < 4.78 is 10.8. The Balaban J connectivity index is 1.47. The Kier molecular flexibility index (Phi) is 14.3. The normalized spacial score (nSPS) is 14.5. The number of piperazine rings is 1. The number of hydrogen-bond acceptors (Lipinski definition) is 10. The summed E-state index contributed by atoms with van der Waals surface area (Å²) in [7, 11) is 0. The Labute approximate surface area is 261 Å². The average Bonchev–Trinajstić information content (AvgIpc) is 3.05. The molecule has 0 unspecified atom stereocenters. The van der Waals surface area contributed by atoms with E-state index >= 15 is 0 Å². The third kappa shape index (κ3) is 10.7. The lowest BCUT2D eigenvalue weighted by Gasteiger charge is -2.36. The van der Waals surface area contributed by atoms with Crippen LogP contribution in [0.2, 0.25) is 0 Å². The van der Waals surface area contributed by atoms with Crippen LogP contribution in [0.25, 0.3) is 0 Å². The van der Waals surface area contributed by atoms with Gasteiger partial charge < -0.3 is 19.3 Å². The van der Waals surface area contributed by atoms with Crippen molar-refractivity contribution in [3.8, 4) is 0 Å². The predicted molar refractivity (Wildman–Crippen MR) is 170 cm³/mol. The number of Topliss-reactive ketones (excluding diaryl/α,β-unsaturated/α-hetero) is 2. The molecule has 240 valence electrons. The van der Waals surface area contributed by atoms with Crippen molar-refractivity contribution in [2.75, 3.05) is 36.0 Å². The van der Waals surface area contributed by atoms with E-state index in [-0.39, 0.29) is 11.6 Å². The highest BCUT2D eigenvalue weighted by atomic mass is 16.5. The number of hydrogen-bond donors (Lipinski definition) is 0. The molecule has 1 aliphatic heterocycles. The van der Waals surface area contributed by atoms with Gasteiger partial charge in [0.05, 0.1) is 23.0 Å². The molecule has 3 rings (SSSR count). The minimum absolute atomic E-state index is 0.0626. The number of anilines is 2. The molecule has 0 amide bonds. The van der Waals surface area contributed by atoms with Gasteiger partial charge in [-0.3, -0.25) is 14.6 Å². The van der Waals surface area contributed by atoms with Crippen LogP contribution in [0.1, 0.15) is 113 Å². The van der Waals surface area contributed by atoms with E-state index in [2.05, 4.69) is 33.6 Å². The van der Waals surface area contributed by atoms with E-state index < -0.39 is 24.1 Å². The van der Waals surface area contributed by atoms with Crippen LogP contribution in [0.5, 0.6) is 0 Å². The molecule has 0 aromatic carbocycles. The third-order valence-corrected chi connectivity index (χ3v) is 7.94. The lowest BCUT2D eigenvalue weighted by molar-refractivity contribution is -0.127. The van der Waals surface area contributed by atoms with E-state index in [1.807, 2.05) is 0 Å². The number of pyridine rings is 2. The Hall–Kier alpha value is -3.82. The number of carbonyl (C=O) groups is 4. The highest BCUT2D eigenvalue weighted by Gasteiger charge is 2.23. The number of aromatic nitrogens is 2. The van der Waals surface area contributed by atoms with Gasteiger partial charge in [0.1, 0.15) is 5.82 Å². The maximum absolute atomic E-state index is 12.7. The van der Waals surface area contributed by atoms with Gasteiger partial charge in [-0.2, -0.15) is 0 Å². The van der Waals surface area contributed by atoms with Crippen molar-refractivity contribution in [2.24, 2.45) is 0 Å². The Bertz CT molecular complexity index is 1230. The molecular weight excluding hydrogens is 560 g/mol. The maximum atomic E-state index is 12.7. The summed E-state index contributed by atoms with van der Waals surface area (Å²) in [5, 5.41) is 0. The minimum atomic E-state index is -0.789. The molecular formula is C34H48N4O6. The molecule has 1 fully saturated rings. The monoisotopic (exact) mass is 608 g/mol. The van der Waals surface area contributed by atoms with Crippen LogP contribution in [0.15, 0.2) is 36.8 Å². The highest BCUT2D eigenvalue weighted by Crippen LogP contribution is 2.21. The van der Waals surface area contributed by atoms with E-state index in [1.54, 1.807) is 38.2 Å². The molecule has 0 aliphatic carbocycles. The summed E-state index contributed by atoms with van der Waals surface area (Å²) in [6.07, 6.45) is 11.9. The largest absolute Gasteiger partial charge is 0.451 e. The average molecular weight is 609 g/mol. The molecule has 2 atom stereocenters. The van der Waals surface area contributed by atoms with Gasteiger partial charge in [-0.1, -0.05) is 52.4 Å². The maximum Gasteiger partial charge on any atom is 0.340 e. The SMILES string of the molecule is CCCCCCC(=O)[C@H](C)OC(=O)c1ccc(N2CCN(c3cncc(C(=O)O[C@@H](C)C(=O)CCCCCC)c3)CC2)nc1. The van der Waals surface area contributed by atoms with Gasteiger partial charge in [-0.25, -0.2) is 14.6 Å². The number of rotatable bonds is 18. The molecule has 1 aliphatic rings. The van der Waals surface area contributed by atoms with Gasteiger partial charge in [0.25, 0.3) is 0 Å². The second-order valence-electron chi connectivity index (χ2n) is 11.5. The van der Waals surface area contributed by atoms with Crippen molar-refractivity contribution in [3.63, 3.8) is 0 Å². The Morgan fingerprint density at radius 3 is 1.77 bits per heavy atom. The summed E-state index contributed by atoms with van der Waals surface area (Å²) in [6, 6.07) is 5.21. The second-order valence-corrected chi connectivity index (χ2v) is 11.5. The first kappa shape index (κ1) is 34.7. The fraction of sp³-hybridized carbons (Fsp3) is 0.588. The molecule has 0 saturated carbocycles. The van der Waals surface area contributed by atoms with E-state index in [4.69, 9.17) is 9.47 Å². The molecule has 2 aromatic heterocycles. The first-order chi connectivity index (χ1) is 21.2. The first-order valence-corrected chi connectivity index (χ1v) is 16.1. The van der Waals surface area contributed by atoms with Gasteiger partial charge in [-0.05, 0) is 44.9 Å². The summed E-state index contributed by atoms with van der Waals surface area (Å²) in [6.45, 7) is 10.2. The molecule has 0 radical (unpaired) electrons. The summed E-state index contributed by atoms with van der Waals surface area (Å²) in [4.78, 5) is 62.9. The molecule has 0 N–H and O–H groups in total. The fourth-order valence-electron chi connectivity index (χ4n) is 5.05. The van der Waals surface area contributed by atoms with Gasteiger partial charge in [0.2, 0.25) is 0 Å². The van der Waals surface area contributed by atoms with Gasteiger partial charge in [0, 0.05) is 51.4 Å². The number of esters is 2. The van der Waals surface area contributed by atoms with Crippen molar-refractivity contribution in [1.82, 2.24) is 9.97 Å². The molecule has 10 nitrogen and oxygen atoms in total. The molecule has 1 saturated heterocycles. The number of ether oxygens (including phenoxy) is 2. The molecule has 3 heterocycles. The topological polar surface area (TPSA) is 119 Å². The van der Waals surface area contributed by atoms with Crippen molar-refractivity contribution in [1.29, 1.82) is 0 Å². The molecule has 0 spiro atoms. The zero-order valence-electron chi connectivity index (χ0n) is 26.8. The van der Waals surface area contributed by atoms with Gasteiger partial charge in [0.15, 0.2) is 23.8 Å². The van der Waals surface area contributed by atoms with Crippen molar-refractivity contribution < 1.29 is 28.7 Å². The molecule has 2 aromatic rings. The summed E-state index contributed by atoms with van der Waals surface area (Å²) in [5.41, 5.74) is 1.42. The van der Waals surface area contributed by atoms with E-state index in [9.17, 15) is 19.2 Å². The van der Waals surface area contributed by atoms with Crippen LogP contribution in [-0.2, 0) is 19.1 Å². The summed E-state index contributed by atoms with van der Waals surface area (Å²) >= 11 is 0. The van der Waals surface area contributed by atoms with Crippen LogP contribution in [0.3, 0.4) is 0 Å². The van der Waals surface area contributed by atoms with E-state index in [0.717, 1.165) is 62.9 Å².